The number of nitrogens with zero attached hydrogens (tertiary/aromatic N) is 2. The van der Waals surface area contributed by atoms with Crippen molar-refractivity contribution < 1.29 is 23.9 Å². The first kappa shape index (κ1) is 22.9. The van der Waals surface area contributed by atoms with Crippen molar-refractivity contribution >= 4 is 17.7 Å². The number of piperidine rings is 1. The summed E-state index contributed by atoms with van der Waals surface area (Å²) in [5, 5.41) is 2.98. The molecule has 2 aliphatic rings. The standard InChI is InChI=1S/C23H33N3O5/c1-23(2,3)26-14-16(13-21(26)28)22(29)25-11-9-17(10-12-25)24-20(27)15-31-19-8-6-5-7-18(19)30-4/h5-8,16-17H,9-15H2,1-4H3,(H,24,27). The summed E-state index contributed by atoms with van der Waals surface area (Å²) in [6, 6.07) is 7.20. The van der Waals surface area contributed by atoms with Crippen LogP contribution in [0.4, 0.5) is 0 Å². The van der Waals surface area contributed by atoms with Gasteiger partial charge in [0.2, 0.25) is 11.8 Å². The van der Waals surface area contributed by atoms with Gasteiger partial charge in [-0.1, -0.05) is 12.1 Å². The molecule has 1 N–H and O–H groups in total. The van der Waals surface area contributed by atoms with E-state index in [1.54, 1.807) is 24.1 Å². The Balaban J connectivity index is 1.43. The average Bonchev–Trinajstić information content (AvgIpc) is 3.14. The number of benzene rings is 1. The first-order valence-corrected chi connectivity index (χ1v) is 10.8. The molecular weight excluding hydrogens is 398 g/mol. The van der Waals surface area contributed by atoms with Crippen LogP contribution >= 0.6 is 0 Å². The van der Waals surface area contributed by atoms with E-state index in [-0.39, 0.29) is 48.2 Å². The topological polar surface area (TPSA) is 88.2 Å². The molecule has 1 atom stereocenters. The number of rotatable bonds is 6. The lowest BCUT2D eigenvalue weighted by Crippen LogP contribution is -2.49. The van der Waals surface area contributed by atoms with Crippen LogP contribution in [0.5, 0.6) is 11.5 Å². The van der Waals surface area contributed by atoms with Gasteiger partial charge in [-0.15, -0.1) is 0 Å². The Kier molecular flexibility index (Phi) is 7.08. The van der Waals surface area contributed by atoms with Crippen molar-refractivity contribution in [2.75, 3.05) is 33.4 Å². The van der Waals surface area contributed by atoms with E-state index in [0.717, 1.165) is 0 Å². The normalized spacial score (nSPS) is 20.0. The highest BCUT2D eigenvalue weighted by Gasteiger charge is 2.41. The molecular formula is C23H33N3O5. The lowest BCUT2D eigenvalue weighted by Gasteiger charge is -2.35. The number of amides is 3. The second-order valence-electron chi connectivity index (χ2n) is 9.18. The molecule has 0 saturated carbocycles. The minimum atomic E-state index is -0.271. The van der Waals surface area contributed by atoms with Gasteiger partial charge in [0, 0.05) is 37.6 Å². The third-order valence-electron chi connectivity index (χ3n) is 5.88. The van der Waals surface area contributed by atoms with E-state index in [2.05, 4.69) is 5.32 Å². The maximum absolute atomic E-state index is 12.9. The highest BCUT2D eigenvalue weighted by Crippen LogP contribution is 2.28. The molecule has 31 heavy (non-hydrogen) atoms. The zero-order chi connectivity index (χ0) is 22.6. The smallest absolute Gasteiger partial charge is 0.258 e. The number of methoxy groups -OCH3 is 1. The highest BCUT2D eigenvalue weighted by atomic mass is 16.5. The average molecular weight is 432 g/mol. The van der Waals surface area contributed by atoms with E-state index in [4.69, 9.17) is 9.47 Å². The number of likely N-dealkylation sites (tertiary alicyclic amines) is 2. The van der Waals surface area contributed by atoms with Crippen molar-refractivity contribution in [3.05, 3.63) is 24.3 Å². The van der Waals surface area contributed by atoms with Crippen LogP contribution in [0.15, 0.2) is 24.3 Å². The predicted molar refractivity (Wildman–Crippen MR) is 116 cm³/mol. The molecule has 1 aromatic rings. The molecule has 0 bridgehead atoms. The lowest BCUT2D eigenvalue weighted by molar-refractivity contribution is -0.137. The minimum absolute atomic E-state index is 0.00843. The molecule has 0 radical (unpaired) electrons. The van der Waals surface area contributed by atoms with Crippen LogP contribution in [0.25, 0.3) is 0 Å². The van der Waals surface area contributed by atoms with E-state index in [0.29, 0.717) is 44.0 Å². The van der Waals surface area contributed by atoms with Gasteiger partial charge in [0.15, 0.2) is 18.1 Å². The zero-order valence-corrected chi connectivity index (χ0v) is 18.8. The van der Waals surface area contributed by atoms with Crippen molar-refractivity contribution in [1.82, 2.24) is 15.1 Å². The van der Waals surface area contributed by atoms with Crippen LogP contribution in [0, 0.1) is 5.92 Å². The largest absolute Gasteiger partial charge is 0.493 e. The van der Waals surface area contributed by atoms with Crippen LogP contribution in [-0.4, -0.2) is 72.5 Å². The molecule has 3 amide bonds. The zero-order valence-electron chi connectivity index (χ0n) is 18.8. The summed E-state index contributed by atoms with van der Waals surface area (Å²) in [4.78, 5) is 41.1. The Bertz CT molecular complexity index is 812. The highest BCUT2D eigenvalue weighted by molar-refractivity contribution is 5.89. The number of ether oxygens (including phenoxy) is 2. The second kappa shape index (κ2) is 9.58. The molecule has 8 heteroatoms. The van der Waals surface area contributed by atoms with Crippen LogP contribution in [-0.2, 0) is 14.4 Å². The van der Waals surface area contributed by atoms with Crippen molar-refractivity contribution in [3.63, 3.8) is 0 Å². The summed E-state index contributed by atoms with van der Waals surface area (Å²) in [7, 11) is 1.56. The maximum Gasteiger partial charge on any atom is 0.258 e. The van der Waals surface area contributed by atoms with E-state index in [9.17, 15) is 14.4 Å². The van der Waals surface area contributed by atoms with Crippen LogP contribution in [0.1, 0.15) is 40.0 Å². The van der Waals surface area contributed by atoms with Crippen LogP contribution < -0.4 is 14.8 Å². The first-order valence-electron chi connectivity index (χ1n) is 10.8. The Hall–Kier alpha value is -2.77. The van der Waals surface area contributed by atoms with E-state index >= 15 is 0 Å². The van der Waals surface area contributed by atoms with Gasteiger partial charge < -0.3 is 24.6 Å². The van der Waals surface area contributed by atoms with Crippen LogP contribution in [0.2, 0.25) is 0 Å². The summed E-state index contributed by atoms with van der Waals surface area (Å²) in [5.41, 5.74) is -0.269. The molecule has 0 spiro atoms. The first-order chi connectivity index (χ1) is 14.7. The molecule has 1 unspecified atom stereocenters. The summed E-state index contributed by atoms with van der Waals surface area (Å²) in [5.74, 6) is 0.728. The molecule has 0 aromatic heterocycles. The van der Waals surface area contributed by atoms with Crippen molar-refractivity contribution in [2.45, 2.75) is 51.6 Å². The van der Waals surface area contributed by atoms with Crippen molar-refractivity contribution in [2.24, 2.45) is 5.92 Å². The number of nitrogens with one attached hydrogen (secondary N) is 1. The Morgan fingerprint density at radius 1 is 1.13 bits per heavy atom. The monoisotopic (exact) mass is 431 g/mol. The fourth-order valence-electron chi connectivity index (χ4n) is 4.17. The quantitative estimate of drug-likeness (QED) is 0.742. The summed E-state index contributed by atoms with van der Waals surface area (Å²) in [6.07, 6.45) is 1.67. The number of carbonyl (C=O) groups is 3. The maximum atomic E-state index is 12.9. The van der Waals surface area contributed by atoms with E-state index < -0.39 is 0 Å². The lowest BCUT2D eigenvalue weighted by atomic mass is 10.0. The fraction of sp³-hybridized carbons (Fsp3) is 0.609. The number of carbonyl (C=O) groups excluding carboxylic acids is 3. The van der Waals surface area contributed by atoms with Gasteiger partial charge >= 0.3 is 0 Å². The van der Waals surface area contributed by atoms with Gasteiger partial charge in [0.05, 0.1) is 13.0 Å². The van der Waals surface area contributed by atoms with E-state index in [1.807, 2.05) is 37.8 Å². The molecule has 8 nitrogen and oxygen atoms in total. The molecule has 2 heterocycles. The number of para-hydroxylation sites is 2. The van der Waals surface area contributed by atoms with Gasteiger partial charge in [0.25, 0.3) is 5.91 Å². The van der Waals surface area contributed by atoms with Crippen molar-refractivity contribution in [3.8, 4) is 11.5 Å². The number of hydrogen-bond acceptors (Lipinski definition) is 5. The van der Waals surface area contributed by atoms with Gasteiger partial charge in [-0.25, -0.2) is 0 Å². The van der Waals surface area contributed by atoms with Crippen LogP contribution in [0.3, 0.4) is 0 Å². The minimum Gasteiger partial charge on any atom is -0.493 e. The van der Waals surface area contributed by atoms with Gasteiger partial charge in [0.1, 0.15) is 0 Å². The molecule has 170 valence electrons. The summed E-state index contributed by atoms with van der Waals surface area (Å²) >= 11 is 0. The molecule has 2 fully saturated rings. The summed E-state index contributed by atoms with van der Waals surface area (Å²) < 4.78 is 10.8. The Morgan fingerprint density at radius 2 is 1.77 bits per heavy atom. The number of hydrogen-bond donors (Lipinski definition) is 1. The predicted octanol–water partition coefficient (Wildman–Crippen LogP) is 1.83. The van der Waals surface area contributed by atoms with E-state index in [1.165, 1.54) is 0 Å². The molecule has 1 aromatic carbocycles. The molecule has 2 saturated heterocycles. The van der Waals surface area contributed by atoms with Crippen molar-refractivity contribution in [1.29, 1.82) is 0 Å². The molecule has 2 aliphatic heterocycles. The fourth-order valence-corrected chi connectivity index (χ4v) is 4.17. The summed E-state index contributed by atoms with van der Waals surface area (Å²) in [6.45, 7) is 7.52. The van der Waals surface area contributed by atoms with Gasteiger partial charge in [-0.3, -0.25) is 14.4 Å². The second-order valence-corrected chi connectivity index (χ2v) is 9.18. The third kappa shape index (κ3) is 5.68. The Labute approximate surface area is 183 Å². The third-order valence-corrected chi connectivity index (χ3v) is 5.88. The molecule has 0 aliphatic carbocycles. The SMILES string of the molecule is COc1ccccc1OCC(=O)NC1CCN(C(=O)C2CC(=O)N(C(C)(C)C)C2)CC1. The molecule has 3 rings (SSSR count). The van der Waals surface area contributed by atoms with Gasteiger partial charge in [-0.2, -0.15) is 0 Å². The Morgan fingerprint density at radius 3 is 2.35 bits per heavy atom. The van der Waals surface area contributed by atoms with Gasteiger partial charge in [-0.05, 0) is 45.7 Å².